The van der Waals surface area contributed by atoms with Crippen LogP contribution in [0.4, 0.5) is 0 Å². The fourth-order valence-corrected chi connectivity index (χ4v) is 2.82. The van der Waals surface area contributed by atoms with E-state index in [0.29, 0.717) is 0 Å². The summed E-state index contributed by atoms with van der Waals surface area (Å²) < 4.78 is 0. The molecule has 2 N–H and O–H groups in total. The monoisotopic (exact) mass is 182 g/mol. The van der Waals surface area contributed by atoms with Crippen molar-refractivity contribution in [2.45, 2.75) is 19.5 Å². The van der Waals surface area contributed by atoms with E-state index in [2.05, 4.69) is 17.3 Å². The lowest BCUT2D eigenvalue weighted by Gasteiger charge is -2.05. The zero-order valence-electron chi connectivity index (χ0n) is 7.34. The van der Waals surface area contributed by atoms with Gasteiger partial charge < -0.3 is 5.73 Å². The third-order valence-electron chi connectivity index (χ3n) is 2.31. The molecule has 12 heavy (non-hydrogen) atoms. The van der Waals surface area contributed by atoms with E-state index in [-0.39, 0.29) is 0 Å². The molecule has 0 fully saturated rings. The Balaban J connectivity index is 2.24. The predicted octanol–water partition coefficient (Wildman–Crippen LogP) is 1.19. The van der Waals surface area contributed by atoms with Crippen LogP contribution in [0.3, 0.4) is 0 Å². The van der Waals surface area contributed by atoms with Crippen LogP contribution in [0.25, 0.3) is 0 Å². The van der Waals surface area contributed by atoms with Gasteiger partial charge in [-0.3, -0.25) is 4.90 Å². The van der Waals surface area contributed by atoms with Gasteiger partial charge in [0.25, 0.3) is 0 Å². The first-order valence-corrected chi connectivity index (χ1v) is 5.16. The lowest BCUT2D eigenvalue weighted by Crippen LogP contribution is -2.09. The molecule has 0 bridgehead atoms. The summed E-state index contributed by atoms with van der Waals surface area (Å²) in [5.74, 6) is 0. The number of hydrogen-bond acceptors (Lipinski definition) is 3. The molecule has 66 valence electrons. The van der Waals surface area contributed by atoms with Crippen molar-refractivity contribution in [2.24, 2.45) is 5.73 Å². The van der Waals surface area contributed by atoms with Crippen molar-refractivity contribution in [1.29, 1.82) is 0 Å². The number of thiophene rings is 1. The van der Waals surface area contributed by atoms with Gasteiger partial charge in [0.05, 0.1) is 0 Å². The molecule has 3 heteroatoms. The van der Waals surface area contributed by atoms with Gasteiger partial charge in [-0.1, -0.05) is 0 Å². The number of fused-ring (bicyclic) bond motifs is 1. The normalized spacial score (nSPS) is 16.8. The predicted molar refractivity (Wildman–Crippen MR) is 52.2 cm³/mol. The van der Waals surface area contributed by atoms with Crippen molar-refractivity contribution in [3.63, 3.8) is 0 Å². The highest BCUT2D eigenvalue weighted by molar-refractivity contribution is 7.10. The van der Waals surface area contributed by atoms with Crippen LogP contribution in [-0.4, -0.2) is 18.5 Å². The number of nitrogens with two attached hydrogens (primary N) is 1. The minimum absolute atomic E-state index is 0.774. The second-order valence-corrected chi connectivity index (χ2v) is 4.34. The average molecular weight is 182 g/mol. The molecule has 0 saturated heterocycles. The van der Waals surface area contributed by atoms with Gasteiger partial charge in [-0.15, -0.1) is 11.3 Å². The van der Waals surface area contributed by atoms with Crippen LogP contribution in [0.15, 0.2) is 5.38 Å². The van der Waals surface area contributed by atoms with Gasteiger partial charge in [0, 0.05) is 18.0 Å². The molecule has 0 amide bonds. The van der Waals surface area contributed by atoms with Crippen LogP contribution in [0, 0.1) is 0 Å². The van der Waals surface area contributed by atoms with Crippen LogP contribution in [0.1, 0.15) is 16.0 Å². The van der Waals surface area contributed by atoms with E-state index in [1.54, 1.807) is 5.56 Å². The molecule has 0 saturated carbocycles. The highest BCUT2D eigenvalue weighted by Crippen LogP contribution is 2.30. The maximum Gasteiger partial charge on any atom is 0.0248 e. The van der Waals surface area contributed by atoms with Crippen LogP contribution in [0.2, 0.25) is 0 Å². The Bertz CT molecular complexity index is 280. The van der Waals surface area contributed by atoms with E-state index >= 15 is 0 Å². The quantitative estimate of drug-likeness (QED) is 0.744. The minimum atomic E-state index is 0.774. The van der Waals surface area contributed by atoms with Crippen LogP contribution in [0.5, 0.6) is 0 Å². The lowest BCUT2D eigenvalue weighted by atomic mass is 10.1. The minimum Gasteiger partial charge on any atom is -0.330 e. The van der Waals surface area contributed by atoms with Gasteiger partial charge in [0.1, 0.15) is 0 Å². The van der Waals surface area contributed by atoms with Crippen LogP contribution < -0.4 is 5.73 Å². The maximum atomic E-state index is 5.54. The standard InChI is InChI=1S/C9H14N2S/c1-11-4-7-6-12-9(2-3-10)8(7)5-11/h6H,2-5,10H2,1H3. The molecule has 0 radical (unpaired) electrons. The topological polar surface area (TPSA) is 29.3 Å². The Morgan fingerprint density at radius 3 is 3.17 bits per heavy atom. The molecule has 0 spiro atoms. The Morgan fingerprint density at radius 1 is 1.58 bits per heavy atom. The molecule has 1 aromatic heterocycles. The van der Waals surface area contributed by atoms with Gasteiger partial charge in [-0.05, 0) is 36.5 Å². The van der Waals surface area contributed by atoms with Crippen LogP contribution >= 0.6 is 11.3 Å². The second kappa shape index (κ2) is 3.17. The zero-order chi connectivity index (χ0) is 8.55. The van der Waals surface area contributed by atoms with E-state index in [0.717, 1.165) is 26.1 Å². The van der Waals surface area contributed by atoms with E-state index in [1.165, 1.54) is 10.4 Å². The maximum absolute atomic E-state index is 5.54. The van der Waals surface area contributed by atoms with Crippen molar-refractivity contribution >= 4 is 11.3 Å². The van der Waals surface area contributed by atoms with Gasteiger partial charge in [-0.2, -0.15) is 0 Å². The van der Waals surface area contributed by atoms with Gasteiger partial charge >= 0.3 is 0 Å². The molecular formula is C9H14N2S. The molecule has 2 rings (SSSR count). The van der Waals surface area contributed by atoms with E-state index in [4.69, 9.17) is 5.73 Å². The highest BCUT2D eigenvalue weighted by Gasteiger charge is 2.19. The molecule has 0 unspecified atom stereocenters. The van der Waals surface area contributed by atoms with E-state index in [9.17, 15) is 0 Å². The van der Waals surface area contributed by atoms with Gasteiger partial charge in [0.15, 0.2) is 0 Å². The second-order valence-electron chi connectivity index (χ2n) is 3.37. The Hall–Kier alpha value is -0.380. The molecule has 0 atom stereocenters. The smallest absolute Gasteiger partial charge is 0.0248 e. The number of hydrogen-bond donors (Lipinski definition) is 1. The Labute approximate surface area is 77.0 Å². The molecule has 1 aliphatic rings. The first kappa shape index (κ1) is 8.23. The fraction of sp³-hybridized carbons (Fsp3) is 0.556. The largest absolute Gasteiger partial charge is 0.330 e. The molecule has 2 heterocycles. The third-order valence-corrected chi connectivity index (χ3v) is 3.44. The van der Waals surface area contributed by atoms with Crippen LogP contribution in [-0.2, 0) is 19.5 Å². The first-order valence-electron chi connectivity index (χ1n) is 4.28. The summed E-state index contributed by atoms with van der Waals surface area (Å²) in [6.45, 7) is 3.02. The summed E-state index contributed by atoms with van der Waals surface area (Å²) in [5, 5.41) is 2.28. The lowest BCUT2D eigenvalue weighted by molar-refractivity contribution is 0.352. The van der Waals surface area contributed by atoms with E-state index < -0.39 is 0 Å². The van der Waals surface area contributed by atoms with Crippen molar-refractivity contribution in [3.8, 4) is 0 Å². The highest BCUT2D eigenvalue weighted by atomic mass is 32.1. The molecule has 1 aliphatic heterocycles. The van der Waals surface area contributed by atoms with Crippen molar-refractivity contribution in [2.75, 3.05) is 13.6 Å². The molecule has 2 nitrogen and oxygen atoms in total. The summed E-state index contributed by atoms with van der Waals surface area (Å²) in [7, 11) is 2.16. The molecule has 0 aliphatic carbocycles. The van der Waals surface area contributed by atoms with Crippen molar-refractivity contribution in [1.82, 2.24) is 4.90 Å². The van der Waals surface area contributed by atoms with E-state index in [1.807, 2.05) is 11.3 Å². The summed E-state index contributed by atoms with van der Waals surface area (Å²) in [6.07, 6.45) is 1.05. The summed E-state index contributed by atoms with van der Waals surface area (Å²) in [4.78, 5) is 3.84. The molecular weight excluding hydrogens is 168 g/mol. The fourth-order valence-electron chi connectivity index (χ4n) is 1.74. The summed E-state index contributed by atoms with van der Waals surface area (Å²) in [5.41, 5.74) is 8.61. The van der Waals surface area contributed by atoms with Crippen molar-refractivity contribution in [3.05, 3.63) is 21.4 Å². The Kier molecular flexibility index (Phi) is 2.17. The van der Waals surface area contributed by atoms with Gasteiger partial charge in [-0.25, -0.2) is 0 Å². The third kappa shape index (κ3) is 1.28. The first-order chi connectivity index (χ1) is 5.81. The zero-order valence-corrected chi connectivity index (χ0v) is 8.16. The molecule has 1 aromatic rings. The summed E-state index contributed by atoms with van der Waals surface area (Å²) in [6, 6.07) is 0. The molecule has 0 aromatic carbocycles. The summed E-state index contributed by atoms with van der Waals surface area (Å²) >= 11 is 1.87. The number of nitrogens with zero attached hydrogens (tertiary/aromatic N) is 1. The number of rotatable bonds is 2. The Morgan fingerprint density at radius 2 is 2.42 bits per heavy atom. The van der Waals surface area contributed by atoms with Crippen molar-refractivity contribution < 1.29 is 0 Å². The van der Waals surface area contributed by atoms with Gasteiger partial charge in [0.2, 0.25) is 0 Å². The SMILES string of the molecule is CN1Cc2csc(CCN)c2C1. The average Bonchev–Trinajstić information content (AvgIpc) is 2.52.